The minimum atomic E-state index is -0.608. The second-order valence-electron chi connectivity index (χ2n) is 4.43. The summed E-state index contributed by atoms with van der Waals surface area (Å²) in [7, 11) is 0. The van der Waals surface area contributed by atoms with E-state index >= 15 is 0 Å². The lowest BCUT2D eigenvalue weighted by Crippen LogP contribution is -2.30. The molecule has 0 aromatic heterocycles. The number of benzene rings is 1. The van der Waals surface area contributed by atoms with Gasteiger partial charge >= 0.3 is 0 Å². The third-order valence-electron chi connectivity index (χ3n) is 3.16. The Balaban J connectivity index is 1.98. The lowest BCUT2D eigenvalue weighted by molar-refractivity contribution is -0.128. The van der Waals surface area contributed by atoms with Gasteiger partial charge in [-0.05, 0) is 5.56 Å². The zero-order chi connectivity index (χ0) is 12.3. The average Bonchev–Trinajstić information content (AvgIpc) is 2.71. The van der Waals surface area contributed by atoms with Gasteiger partial charge in [-0.3, -0.25) is 4.79 Å². The zero-order valence-corrected chi connectivity index (χ0v) is 9.75. The molecule has 1 aliphatic rings. The first-order valence-corrected chi connectivity index (χ1v) is 5.84. The topological polar surface area (TPSA) is 40.5 Å². The van der Waals surface area contributed by atoms with Gasteiger partial charge in [0, 0.05) is 18.9 Å². The monoisotopic (exact) mass is 231 g/mol. The average molecular weight is 231 g/mol. The molecular weight excluding hydrogens is 214 g/mol. The smallest absolute Gasteiger partial charge is 0.223 e. The minimum Gasteiger partial charge on any atom is -0.387 e. The number of carbonyl (C=O) groups excluding carboxylic acids is 1. The Hall–Kier alpha value is -1.61. The van der Waals surface area contributed by atoms with Gasteiger partial charge in [-0.25, -0.2) is 0 Å². The van der Waals surface area contributed by atoms with Gasteiger partial charge in [-0.1, -0.05) is 36.4 Å². The van der Waals surface area contributed by atoms with Crippen molar-refractivity contribution >= 4 is 5.91 Å². The lowest BCUT2D eigenvalue weighted by Gasteiger charge is -2.20. The Labute approximate surface area is 101 Å². The molecule has 0 saturated carbocycles. The van der Waals surface area contributed by atoms with Crippen molar-refractivity contribution in [3.8, 4) is 0 Å². The molecule has 90 valence electrons. The number of hydrogen-bond donors (Lipinski definition) is 1. The summed E-state index contributed by atoms with van der Waals surface area (Å²) < 4.78 is 0. The molecule has 2 unspecified atom stereocenters. The van der Waals surface area contributed by atoms with E-state index < -0.39 is 6.10 Å². The van der Waals surface area contributed by atoms with Gasteiger partial charge in [0.2, 0.25) is 5.91 Å². The van der Waals surface area contributed by atoms with Crippen LogP contribution >= 0.6 is 0 Å². The van der Waals surface area contributed by atoms with Crippen LogP contribution in [-0.4, -0.2) is 29.0 Å². The van der Waals surface area contributed by atoms with Crippen molar-refractivity contribution in [2.24, 2.45) is 5.92 Å². The molecule has 17 heavy (non-hydrogen) atoms. The molecule has 0 aliphatic carbocycles. The van der Waals surface area contributed by atoms with Crippen LogP contribution < -0.4 is 0 Å². The highest BCUT2D eigenvalue weighted by Crippen LogP contribution is 2.22. The van der Waals surface area contributed by atoms with Crippen LogP contribution in [0.4, 0.5) is 0 Å². The van der Waals surface area contributed by atoms with Crippen LogP contribution in [0, 0.1) is 5.92 Å². The standard InChI is InChI=1S/C14H17NO2/c1-2-11-8-14(17)15(9-11)10-13(16)12-6-4-3-5-7-12/h2-7,11,13,16H,1,8-10H2. The molecular formula is C14H17NO2. The normalized spacial score (nSPS) is 21.6. The zero-order valence-electron chi connectivity index (χ0n) is 9.75. The van der Waals surface area contributed by atoms with Crippen molar-refractivity contribution in [1.29, 1.82) is 0 Å². The maximum atomic E-state index is 11.7. The first-order valence-electron chi connectivity index (χ1n) is 5.84. The fraction of sp³-hybridized carbons (Fsp3) is 0.357. The van der Waals surface area contributed by atoms with E-state index in [1.807, 2.05) is 36.4 Å². The predicted molar refractivity (Wildman–Crippen MR) is 66.3 cm³/mol. The van der Waals surface area contributed by atoms with Crippen LogP contribution in [0.25, 0.3) is 0 Å². The summed E-state index contributed by atoms with van der Waals surface area (Å²) in [5.41, 5.74) is 0.849. The largest absolute Gasteiger partial charge is 0.387 e. The van der Waals surface area contributed by atoms with E-state index in [4.69, 9.17) is 0 Å². The number of likely N-dealkylation sites (tertiary alicyclic amines) is 1. The fourth-order valence-electron chi connectivity index (χ4n) is 2.13. The predicted octanol–water partition coefficient (Wildman–Crippen LogP) is 1.75. The Morgan fingerprint density at radius 1 is 1.47 bits per heavy atom. The molecule has 1 aromatic rings. The van der Waals surface area contributed by atoms with E-state index in [2.05, 4.69) is 6.58 Å². The first-order chi connectivity index (χ1) is 8.20. The number of hydrogen-bond acceptors (Lipinski definition) is 2. The number of carbonyl (C=O) groups is 1. The van der Waals surface area contributed by atoms with Gasteiger partial charge < -0.3 is 10.0 Å². The summed E-state index contributed by atoms with van der Waals surface area (Å²) in [5.74, 6) is 0.329. The van der Waals surface area contributed by atoms with Crippen LogP contribution in [0.2, 0.25) is 0 Å². The third kappa shape index (κ3) is 2.74. The summed E-state index contributed by atoms with van der Waals surface area (Å²) in [6, 6.07) is 9.42. The molecule has 1 heterocycles. The number of β-amino-alcohol motifs (C(OH)–C–C–N with tert-alkyl or cyclic N) is 1. The van der Waals surface area contributed by atoms with Gasteiger partial charge in [0.25, 0.3) is 0 Å². The van der Waals surface area contributed by atoms with Gasteiger partial charge in [0.15, 0.2) is 0 Å². The van der Waals surface area contributed by atoms with E-state index in [1.54, 1.807) is 4.90 Å². The summed E-state index contributed by atoms with van der Waals surface area (Å²) >= 11 is 0. The van der Waals surface area contributed by atoms with Crippen molar-refractivity contribution in [1.82, 2.24) is 4.90 Å². The highest BCUT2D eigenvalue weighted by Gasteiger charge is 2.29. The molecule has 2 rings (SSSR count). The molecule has 0 radical (unpaired) electrons. The molecule has 3 nitrogen and oxygen atoms in total. The van der Waals surface area contributed by atoms with E-state index in [0.29, 0.717) is 19.5 Å². The molecule has 1 amide bonds. The van der Waals surface area contributed by atoms with E-state index in [0.717, 1.165) is 5.56 Å². The van der Waals surface area contributed by atoms with Crippen molar-refractivity contribution in [3.05, 3.63) is 48.6 Å². The Kier molecular flexibility index (Phi) is 3.59. The van der Waals surface area contributed by atoms with Crippen LogP contribution in [0.15, 0.2) is 43.0 Å². The molecule has 1 fully saturated rings. The molecule has 1 aromatic carbocycles. The van der Waals surface area contributed by atoms with Crippen molar-refractivity contribution in [3.63, 3.8) is 0 Å². The number of aliphatic hydroxyl groups excluding tert-OH is 1. The lowest BCUT2D eigenvalue weighted by atomic mass is 10.1. The number of rotatable bonds is 4. The second-order valence-corrected chi connectivity index (χ2v) is 4.43. The summed E-state index contributed by atoms with van der Waals surface area (Å²) in [6.45, 7) is 4.75. The van der Waals surface area contributed by atoms with E-state index in [9.17, 15) is 9.90 Å². The van der Waals surface area contributed by atoms with E-state index in [-0.39, 0.29) is 11.8 Å². The Morgan fingerprint density at radius 2 is 2.18 bits per heavy atom. The Morgan fingerprint density at radius 3 is 2.76 bits per heavy atom. The van der Waals surface area contributed by atoms with E-state index in [1.165, 1.54) is 0 Å². The van der Waals surface area contributed by atoms with Crippen molar-refractivity contribution in [2.45, 2.75) is 12.5 Å². The summed E-state index contributed by atoms with van der Waals surface area (Å²) in [5, 5.41) is 10.0. The van der Waals surface area contributed by atoms with Crippen molar-refractivity contribution < 1.29 is 9.90 Å². The van der Waals surface area contributed by atoms with Crippen LogP contribution in [-0.2, 0) is 4.79 Å². The molecule has 3 heteroatoms. The molecule has 1 saturated heterocycles. The minimum absolute atomic E-state index is 0.102. The highest BCUT2D eigenvalue weighted by atomic mass is 16.3. The maximum absolute atomic E-state index is 11.7. The molecule has 0 bridgehead atoms. The molecule has 1 N–H and O–H groups in total. The van der Waals surface area contributed by atoms with Gasteiger partial charge in [-0.2, -0.15) is 0 Å². The van der Waals surface area contributed by atoms with Crippen molar-refractivity contribution in [2.75, 3.05) is 13.1 Å². The van der Waals surface area contributed by atoms with Gasteiger partial charge in [0.1, 0.15) is 0 Å². The number of nitrogens with zero attached hydrogens (tertiary/aromatic N) is 1. The van der Waals surface area contributed by atoms with Crippen LogP contribution in [0.5, 0.6) is 0 Å². The molecule has 2 atom stereocenters. The number of aliphatic hydroxyl groups is 1. The first kappa shape index (κ1) is 11.9. The van der Waals surface area contributed by atoms with Gasteiger partial charge in [-0.15, -0.1) is 6.58 Å². The van der Waals surface area contributed by atoms with Crippen LogP contribution in [0.3, 0.4) is 0 Å². The maximum Gasteiger partial charge on any atom is 0.223 e. The SMILES string of the molecule is C=CC1CC(=O)N(CC(O)c2ccccc2)C1. The Bertz CT molecular complexity index is 402. The third-order valence-corrected chi connectivity index (χ3v) is 3.16. The molecule has 0 spiro atoms. The molecule has 1 aliphatic heterocycles. The second kappa shape index (κ2) is 5.15. The highest BCUT2D eigenvalue weighted by molar-refractivity contribution is 5.79. The fourth-order valence-corrected chi connectivity index (χ4v) is 2.13. The summed E-state index contributed by atoms with van der Waals surface area (Å²) in [4.78, 5) is 13.4. The number of amides is 1. The van der Waals surface area contributed by atoms with Gasteiger partial charge in [0.05, 0.1) is 12.6 Å². The summed E-state index contributed by atoms with van der Waals surface area (Å²) in [6.07, 6.45) is 1.72. The van der Waals surface area contributed by atoms with Crippen LogP contribution in [0.1, 0.15) is 18.1 Å². The quantitative estimate of drug-likeness (QED) is 0.802.